The number of rotatable bonds is 2. The van der Waals surface area contributed by atoms with Gasteiger partial charge >= 0.3 is 10.2 Å². The average Bonchev–Trinajstić information content (AvgIpc) is 3.24. The highest BCUT2D eigenvalue weighted by Gasteiger charge is 2.29. The standard InChI is InChI=1S/C29H33ClN4O4S/c1-32-16-6-7-17-33(2)39(37,38)31-29(36)22-12-15-24-25(18-22)34(19-26(32)35)28(21-10-13-23(30)14-11-21)27(24)20-8-4-3-5-9-20/h6-7,10-15,18,20H,3-5,8-9,16-17,19H2,1-2H3,(H,31,36). The maximum Gasteiger partial charge on any atom is 0.304 e. The van der Waals surface area contributed by atoms with E-state index in [4.69, 9.17) is 11.6 Å². The average molecular weight is 569 g/mol. The van der Waals surface area contributed by atoms with Gasteiger partial charge < -0.3 is 9.47 Å². The van der Waals surface area contributed by atoms with Crippen molar-refractivity contribution in [2.24, 2.45) is 0 Å². The summed E-state index contributed by atoms with van der Waals surface area (Å²) in [4.78, 5) is 28.3. The van der Waals surface area contributed by atoms with Gasteiger partial charge in [-0.1, -0.05) is 61.2 Å². The predicted molar refractivity (Wildman–Crippen MR) is 154 cm³/mol. The maximum atomic E-state index is 13.5. The Kier molecular flexibility index (Phi) is 7.84. The SMILES string of the molecule is CN1CC=CCN(C)S(=O)(=O)NC(=O)c2ccc3c(C4CCCCC4)c(-c4ccc(Cl)cc4)n(c3c2)CC1=O. The third-order valence-electron chi connectivity index (χ3n) is 7.76. The molecule has 0 saturated heterocycles. The first kappa shape index (κ1) is 27.4. The molecule has 1 fully saturated rings. The Morgan fingerprint density at radius 1 is 0.897 bits per heavy atom. The van der Waals surface area contributed by atoms with Gasteiger partial charge in [-0.05, 0) is 54.2 Å². The van der Waals surface area contributed by atoms with Crippen molar-refractivity contribution in [1.82, 2.24) is 18.5 Å². The number of benzene rings is 2. The lowest BCUT2D eigenvalue weighted by atomic mass is 9.82. The second-order valence-corrected chi connectivity index (χ2v) is 12.6. The van der Waals surface area contributed by atoms with Crippen LogP contribution in [-0.4, -0.2) is 61.2 Å². The minimum atomic E-state index is -4.05. The van der Waals surface area contributed by atoms with Crippen LogP contribution >= 0.6 is 11.6 Å². The number of fused-ring (bicyclic) bond motifs is 1. The van der Waals surface area contributed by atoms with Gasteiger partial charge in [-0.3, -0.25) is 9.59 Å². The summed E-state index contributed by atoms with van der Waals surface area (Å²) in [7, 11) is -0.919. The molecule has 5 rings (SSSR count). The Bertz CT molecular complexity index is 1540. The van der Waals surface area contributed by atoms with Crippen LogP contribution in [0.1, 0.15) is 53.9 Å². The predicted octanol–water partition coefficient (Wildman–Crippen LogP) is 4.94. The lowest BCUT2D eigenvalue weighted by molar-refractivity contribution is -0.129. The van der Waals surface area contributed by atoms with Crippen LogP contribution in [0.3, 0.4) is 0 Å². The van der Waals surface area contributed by atoms with Crippen molar-refractivity contribution in [3.63, 3.8) is 0 Å². The molecule has 2 amide bonds. The fourth-order valence-electron chi connectivity index (χ4n) is 5.57. The second kappa shape index (κ2) is 11.2. The van der Waals surface area contributed by atoms with Crippen LogP contribution in [0.2, 0.25) is 5.02 Å². The summed E-state index contributed by atoms with van der Waals surface area (Å²) in [6.07, 6.45) is 8.99. The zero-order valence-corrected chi connectivity index (χ0v) is 23.8. The van der Waals surface area contributed by atoms with Crippen LogP contribution < -0.4 is 4.72 Å². The molecule has 0 unspecified atom stereocenters. The zero-order valence-electron chi connectivity index (χ0n) is 22.2. The van der Waals surface area contributed by atoms with Crippen molar-refractivity contribution in [2.45, 2.75) is 44.6 Å². The van der Waals surface area contributed by atoms with Gasteiger partial charge in [0.2, 0.25) is 5.91 Å². The first-order valence-corrected chi connectivity index (χ1v) is 15.1. The van der Waals surface area contributed by atoms with Crippen molar-refractivity contribution in [3.8, 4) is 11.3 Å². The van der Waals surface area contributed by atoms with Gasteiger partial charge in [-0.15, -0.1) is 0 Å². The monoisotopic (exact) mass is 568 g/mol. The van der Waals surface area contributed by atoms with E-state index >= 15 is 0 Å². The van der Waals surface area contributed by atoms with Gasteiger partial charge in [0.1, 0.15) is 6.54 Å². The van der Waals surface area contributed by atoms with Crippen LogP contribution in [0.25, 0.3) is 22.2 Å². The summed E-state index contributed by atoms with van der Waals surface area (Å²) in [5, 5.41) is 1.60. The van der Waals surface area contributed by atoms with Crippen molar-refractivity contribution >= 4 is 44.5 Å². The lowest BCUT2D eigenvalue weighted by Crippen LogP contribution is -2.41. The highest BCUT2D eigenvalue weighted by molar-refractivity contribution is 7.87. The van der Waals surface area contributed by atoms with Crippen molar-refractivity contribution in [2.75, 3.05) is 27.2 Å². The van der Waals surface area contributed by atoms with Gasteiger partial charge in [0, 0.05) is 43.2 Å². The van der Waals surface area contributed by atoms with Gasteiger partial charge in [-0.2, -0.15) is 12.7 Å². The molecule has 2 heterocycles. The molecule has 0 spiro atoms. The molecule has 0 radical (unpaired) electrons. The number of hydrogen-bond donors (Lipinski definition) is 1. The van der Waals surface area contributed by atoms with Crippen molar-refractivity contribution in [1.29, 1.82) is 0 Å². The van der Waals surface area contributed by atoms with Crippen LogP contribution in [0.5, 0.6) is 0 Å². The van der Waals surface area contributed by atoms with E-state index in [1.54, 1.807) is 36.2 Å². The number of halogens is 1. The van der Waals surface area contributed by atoms with E-state index in [0.717, 1.165) is 52.1 Å². The molecule has 1 aliphatic carbocycles. The minimum Gasteiger partial charge on any atom is -0.340 e. The quantitative estimate of drug-likeness (QED) is 0.443. The summed E-state index contributed by atoms with van der Waals surface area (Å²) in [5.74, 6) is -0.498. The number of amides is 2. The van der Waals surface area contributed by atoms with E-state index in [0.29, 0.717) is 17.5 Å². The highest BCUT2D eigenvalue weighted by atomic mass is 35.5. The van der Waals surface area contributed by atoms with Gasteiger partial charge in [0.05, 0.1) is 11.2 Å². The Morgan fingerprint density at radius 3 is 2.28 bits per heavy atom. The molecule has 10 heteroatoms. The van der Waals surface area contributed by atoms with E-state index in [-0.39, 0.29) is 24.6 Å². The van der Waals surface area contributed by atoms with Gasteiger partial charge in [0.25, 0.3) is 5.91 Å². The fourth-order valence-corrected chi connectivity index (χ4v) is 6.49. The molecule has 206 valence electrons. The van der Waals surface area contributed by atoms with E-state index in [2.05, 4.69) is 4.72 Å². The van der Waals surface area contributed by atoms with E-state index < -0.39 is 16.1 Å². The Morgan fingerprint density at radius 2 is 1.56 bits per heavy atom. The molecule has 3 aromatic rings. The largest absolute Gasteiger partial charge is 0.340 e. The van der Waals surface area contributed by atoms with E-state index in [9.17, 15) is 18.0 Å². The minimum absolute atomic E-state index is 0.0646. The molecule has 1 saturated carbocycles. The Hall–Kier alpha value is -3.14. The van der Waals surface area contributed by atoms with Gasteiger partial charge in [-0.25, -0.2) is 4.72 Å². The molecule has 8 nitrogen and oxygen atoms in total. The maximum absolute atomic E-state index is 13.5. The molecule has 2 aliphatic rings. The van der Waals surface area contributed by atoms with E-state index in [1.165, 1.54) is 19.0 Å². The molecule has 39 heavy (non-hydrogen) atoms. The third-order valence-corrected chi connectivity index (χ3v) is 9.42. The summed E-state index contributed by atoms with van der Waals surface area (Å²) in [6, 6.07) is 12.9. The normalized spacial score (nSPS) is 19.7. The fraction of sp³-hybridized carbons (Fsp3) is 0.379. The number of aromatic nitrogens is 1. The summed E-state index contributed by atoms with van der Waals surface area (Å²) >= 11 is 6.23. The molecule has 2 aromatic carbocycles. The van der Waals surface area contributed by atoms with Gasteiger partial charge in [0.15, 0.2) is 0 Å². The van der Waals surface area contributed by atoms with Crippen LogP contribution in [-0.2, 0) is 21.5 Å². The third kappa shape index (κ3) is 5.62. The lowest BCUT2D eigenvalue weighted by Gasteiger charge is -2.24. The first-order valence-electron chi connectivity index (χ1n) is 13.2. The zero-order chi connectivity index (χ0) is 27.7. The molecule has 1 aliphatic heterocycles. The molecular weight excluding hydrogens is 536 g/mol. The molecular formula is C29H33ClN4O4S. The van der Waals surface area contributed by atoms with Crippen LogP contribution in [0.4, 0.5) is 0 Å². The molecule has 1 N–H and O–H groups in total. The van der Waals surface area contributed by atoms with Crippen LogP contribution in [0, 0.1) is 0 Å². The van der Waals surface area contributed by atoms with Crippen LogP contribution in [0.15, 0.2) is 54.6 Å². The number of carbonyl (C=O) groups is 2. The Balaban J connectivity index is 1.76. The topological polar surface area (TPSA) is 91.7 Å². The summed E-state index contributed by atoms with van der Waals surface area (Å²) in [6.45, 7) is 0.471. The smallest absolute Gasteiger partial charge is 0.304 e. The number of nitrogens with zero attached hydrogens (tertiary/aromatic N) is 3. The molecule has 2 bridgehead atoms. The number of hydrogen-bond acceptors (Lipinski definition) is 4. The summed E-state index contributed by atoms with van der Waals surface area (Å²) < 4.78 is 30.8. The molecule has 1 aromatic heterocycles. The second-order valence-electron chi connectivity index (χ2n) is 10.4. The first-order chi connectivity index (χ1) is 18.7. The summed E-state index contributed by atoms with van der Waals surface area (Å²) in [5.41, 5.74) is 4.00. The van der Waals surface area contributed by atoms with E-state index in [1.807, 2.05) is 34.9 Å². The van der Waals surface area contributed by atoms with Crippen molar-refractivity contribution < 1.29 is 18.0 Å². The number of likely N-dealkylation sites (N-methyl/N-ethyl adjacent to an activating group) is 2. The Labute approximate surface area is 234 Å². The van der Waals surface area contributed by atoms with Crippen molar-refractivity contribution in [3.05, 3.63) is 70.8 Å². The number of nitrogens with one attached hydrogen (secondary N) is 1. The highest BCUT2D eigenvalue weighted by Crippen LogP contribution is 2.44. The number of carbonyl (C=O) groups excluding carboxylic acids is 2. The molecule has 0 atom stereocenters.